The molecule has 2 N–H and O–H groups in total. The largest absolute Gasteiger partial charge is 0.391 e. The average molecular weight is 294 g/mol. The minimum Gasteiger partial charge on any atom is -0.330 e. The van der Waals surface area contributed by atoms with Crippen LogP contribution in [0.5, 0.6) is 0 Å². The summed E-state index contributed by atoms with van der Waals surface area (Å²) in [5.74, 6) is -1.09. The monoisotopic (exact) mass is 294 g/mol. The minimum absolute atomic E-state index is 0.0239. The van der Waals surface area contributed by atoms with E-state index in [0.29, 0.717) is 25.4 Å². The van der Waals surface area contributed by atoms with Crippen molar-refractivity contribution >= 4 is 0 Å². The molecule has 1 rings (SSSR count). The van der Waals surface area contributed by atoms with Gasteiger partial charge in [-0.1, -0.05) is 20.8 Å². The predicted octanol–water partition coefficient (Wildman–Crippen LogP) is 3.80. The van der Waals surface area contributed by atoms with Gasteiger partial charge in [0.2, 0.25) is 0 Å². The highest BCUT2D eigenvalue weighted by Crippen LogP contribution is 2.39. The first-order valence-corrected chi connectivity index (χ1v) is 7.70. The summed E-state index contributed by atoms with van der Waals surface area (Å²) in [5.41, 5.74) is 5.81. The molecule has 0 bridgehead atoms. The Bertz CT molecular complexity index is 281. The van der Waals surface area contributed by atoms with Gasteiger partial charge in [0.05, 0.1) is 5.92 Å². The molecule has 0 amide bonds. The van der Waals surface area contributed by atoms with Crippen molar-refractivity contribution in [2.75, 3.05) is 19.6 Å². The first-order chi connectivity index (χ1) is 9.19. The van der Waals surface area contributed by atoms with Crippen molar-refractivity contribution in [3.8, 4) is 0 Å². The van der Waals surface area contributed by atoms with Crippen LogP contribution in [0.4, 0.5) is 13.2 Å². The second-order valence-electron chi connectivity index (χ2n) is 6.89. The third kappa shape index (κ3) is 5.24. The number of nitrogens with two attached hydrogens (primary N) is 1. The SMILES string of the molecule is CCCN(CC(C)(C)CN)C1CCC(C(F)(F)F)CC1. The van der Waals surface area contributed by atoms with Crippen molar-refractivity contribution < 1.29 is 13.2 Å². The smallest absolute Gasteiger partial charge is 0.330 e. The molecule has 20 heavy (non-hydrogen) atoms. The molecule has 0 aliphatic heterocycles. The maximum Gasteiger partial charge on any atom is 0.391 e. The van der Waals surface area contributed by atoms with E-state index in [1.165, 1.54) is 0 Å². The van der Waals surface area contributed by atoms with E-state index in [1.807, 2.05) is 0 Å². The van der Waals surface area contributed by atoms with Gasteiger partial charge >= 0.3 is 6.18 Å². The highest BCUT2D eigenvalue weighted by molar-refractivity contribution is 4.85. The summed E-state index contributed by atoms with van der Waals surface area (Å²) in [7, 11) is 0. The standard InChI is InChI=1S/C15H29F3N2/c1-4-9-20(11-14(2,3)10-19)13-7-5-12(6-8-13)15(16,17)18/h12-13H,4-11,19H2,1-3H3. The van der Waals surface area contributed by atoms with E-state index in [4.69, 9.17) is 5.73 Å². The van der Waals surface area contributed by atoms with Gasteiger partial charge in [-0.15, -0.1) is 0 Å². The molecule has 1 saturated carbocycles. The summed E-state index contributed by atoms with van der Waals surface area (Å²) in [4.78, 5) is 2.36. The molecule has 0 spiro atoms. The van der Waals surface area contributed by atoms with E-state index >= 15 is 0 Å². The number of halogens is 3. The van der Waals surface area contributed by atoms with Crippen molar-refractivity contribution in [3.05, 3.63) is 0 Å². The van der Waals surface area contributed by atoms with Gasteiger partial charge in [-0.05, 0) is 50.6 Å². The predicted molar refractivity (Wildman–Crippen MR) is 76.5 cm³/mol. The molecule has 0 heterocycles. The number of hydrogen-bond donors (Lipinski definition) is 1. The van der Waals surface area contributed by atoms with Crippen LogP contribution in [0.2, 0.25) is 0 Å². The van der Waals surface area contributed by atoms with Gasteiger partial charge in [-0.3, -0.25) is 4.90 Å². The number of hydrogen-bond acceptors (Lipinski definition) is 2. The van der Waals surface area contributed by atoms with Crippen molar-refractivity contribution in [1.82, 2.24) is 4.90 Å². The lowest BCUT2D eigenvalue weighted by Gasteiger charge is -2.41. The van der Waals surface area contributed by atoms with E-state index in [2.05, 4.69) is 25.7 Å². The van der Waals surface area contributed by atoms with Crippen LogP contribution in [0, 0.1) is 11.3 Å². The third-order valence-corrected chi connectivity index (χ3v) is 4.37. The summed E-state index contributed by atoms with van der Waals surface area (Å²) in [5, 5.41) is 0. The van der Waals surface area contributed by atoms with Gasteiger partial charge in [0.1, 0.15) is 0 Å². The van der Waals surface area contributed by atoms with E-state index in [1.54, 1.807) is 0 Å². The topological polar surface area (TPSA) is 29.3 Å². The maximum atomic E-state index is 12.7. The molecule has 0 radical (unpaired) electrons. The van der Waals surface area contributed by atoms with Gasteiger partial charge in [0.15, 0.2) is 0 Å². The minimum atomic E-state index is -4.02. The maximum absolute atomic E-state index is 12.7. The Balaban J connectivity index is 2.58. The summed E-state index contributed by atoms with van der Waals surface area (Å²) >= 11 is 0. The Labute approximate surface area is 120 Å². The van der Waals surface area contributed by atoms with Gasteiger partial charge in [0, 0.05) is 12.6 Å². The average Bonchev–Trinajstić information content (AvgIpc) is 2.37. The lowest BCUT2D eigenvalue weighted by atomic mass is 9.83. The van der Waals surface area contributed by atoms with E-state index in [0.717, 1.165) is 19.5 Å². The molecule has 1 aliphatic carbocycles. The van der Waals surface area contributed by atoms with E-state index in [-0.39, 0.29) is 18.3 Å². The van der Waals surface area contributed by atoms with Crippen molar-refractivity contribution in [3.63, 3.8) is 0 Å². The van der Waals surface area contributed by atoms with Crippen molar-refractivity contribution in [2.24, 2.45) is 17.1 Å². The van der Waals surface area contributed by atoms with Gasteiger partial charge < -0.3 is 5.73 Å². The van der Waals surface area contributed by atoms with Crippen LogP contribution in [0.15, 0.2) is 0 Å². The fourth-order valence-electron chi connectivity index (χ4n) is 3.06. The summed E-state index contributed by atoms with van der Waals surface area (Å²) in [6, 6.07) is 0.291. The number of nitrogens with zero attached hydrogens (tertiary/aromatic N) is 1. The zero-order valence-electron chi connectivity index (χ0n) is 13.0. The van der Waals surface area contributed by atoms with Crippen molar-refractivity contribution in [2.45, 2.75) is 65.1 Å². The number of rotatable bonds is 6. The molecule has 120 valence electrons. The summed E-state index contributed by atoms with van der Waals surface area (Å²) in [6.07, 6.45) is -1.12. The normalized spacial score (nSPS) is 25.2. The molecular weight excluding hydrogens is 265 g/mol. The fraction of sp³-hybridized carbons (Fsp3) is 1.00. The Hall–Kier alpha value is -0.290. The summed E-state index contributed by atoms with van der Waals surface area (Å²) in [6.45, 7) is 8.78. The first kappa shape index (κ1) is 17.8. The zero-order valence-corrected chi connectivity index (χ0v) is 13.0. The quantitative estimate of drug-likeness (QED) is 0.807. The van der Waals surface area contributed by atoms with Gasteiger partial charge in [-0.25, -0.2) is 0 Å². The van der Waals surface area contributed by atoms with Gasteiger partial charge in [0.25, 0.3) is 0 Å². The Morgan fingerprint density at radius 2 is 1.65 bits per heavy atom. The Kier molecular flexibility index (Phi) is 6.32. The molecule has 1 aliphatic rings. The van der Waals surface area contributed by atoms with Gasteiger partial charge in [-0.2, -0.15) is 13.2 Å². The molecule has 5 heteroatoms. The third-order valence-electron chi connectivity index (χ3n) is 4.37. The van der Waals surface area contributed by atoms with Crippen LogP contribution in [-0.2, 0) is 0 Å². The first-order valence-electron chi connectivity index (χ1n) is 7.70. The lowest BCUT2D eigenvalue weighted by molar-refractivity contribution is -0.184. The molecular formula is C15H29F3N2. The Morgan fingerprint density at radius 1 is 1.10 bits per heavy atom. The lowest BCUT2D eigenvalue weighted by Crippen LogP contribution is -2.46. The van der Waals surface area contributed by atoms with Crippen LogP contribution in [0.1, 0.15) is 52.9 Å². The number of alkyl halides is 3. The molecule has 0 aromatic heterocycles. The highest BCUT2D eigenvalue weighted by atomic mass is 19.4. The Morgan fingerprint density at radius 3 is 2.05 bits per heavy atom. The highest BCUT2D eigenvalue weighted by Gasteiger charge is 2.42. The molecule has 1 fully saturated rings. The summed E-state index contributed by atoms with van der Waals surface area (Å²) < 4.78 is 38.1. The van der Waals surface area contributed by atoms with E-state index in [9.17, 15) is 13.2 Å². The molecule has 2 nitrogen and oxygen atoms in total. The van der Waals surface area contributed by atoms with Crippen LogP contribution in [0.3, 0.4) is 0 Å². The molecule has 0 aromatic rings. The van der Waals surface area contributed by atoms with Crippen LogP contribution in [-0.4, -0.2) is 36.8 Å². The molecule has 0 unspecified atom stereocenters. The fourth-order valence-corrected chi connectivity index (χ4v) is 3.06. The van der Waals surface area contributed by atoms with Crippen LogP contribution in [0.25, 0.3) is 0 Å². The van der Waals surface area contributed by atoms with Crippen molar-refractivity contribution in [1.29, 1.82) is 0 Å². The van der Waals surface area contributed by atoms with Crippen LogP contribution >= 0.6 is 0 Å². The molecule has 0 atom stereocenters. The zero-order chi connectivity index (χ0) is 15.4. The second-order valence-corrected chi connectivity index (χ2v) is 6.89. The van der Waals surface area contributed by atoms with E-state index < -0.39 is 12.1 Å². The second kappa shape index (κ2) is 7.12. The molecule has 0 saturated heterocycles. The van der Waals surface area contributed by atoms with Crippen LogP contribution < -0.4 is 5.73 Å². The molecule has 0 aromatic carbocycles.